The highest BCUT2D eigenvalue weighted by Gasteiger charge is 2.13. The van der Waals surface area contributed by atoms with Gasteiger partial charge in [-0.3, -0.25) is 4.79 Å². The van der Waals surface area contributed by atoms with Crippen molar-refractivity contribution < 1.29 is 4.90 Å². The number of rotatable bonds is 5. The Balaban J connectivity index is 2.62. The lowest BCUT2D eigenvalue weighted by Gasteiger charge is -2.21. The van der Waals surface area contributed by atoms with E-state index in [2.05, 4.69) is 43.9 Å². The van der Waals surface area contributed by atoms with Crippen LogP contribution in [-0.2, 0) is 6.54 Å². The molecule has 0 saturated carbocycles. The molecule has 0 aliphatic heterocycles. The van der Waals surface area contributed by atoms with E-state index in [1.165, 1.54) is 4.90 Å². The minimum atomic E-state index is 0.163. The fourth-order valence-electron chi connectivity index (χ4n) is 2.79. The zero-order valence-electron chi connectivity index (χ0n) is 13.7. The van der Waals surface area contributed by atoms with Gasteiger partial charge in [0.1, 0.15) is 6.54 Å². The molecule has 114 valence electrons. The summed E-state index contributed by atoms with van der Waals surface area (Å²) in [5.74, 6) is 0. The van der Waals surface area contributed by atoms with Gasteiger partial charge in [0.05, 0.1) is 19.7 Å². The number of hydrogen-bond acceptors (Lipinski definition) is 2. The first-order chi connectivity index (χ1) is 9.97. The van der Waals surface area contributed by atoms with Gasteiger partial charge in [-0.25, -0.2) is 0 Å². The molecule has 0 aliphatic carbocycles. The maximum Gasteiger partial charge on any atom is 0.198 e. The maximum absolute atomic E-state index is 12.8. The number of pyridine rings is 1. The summed E-state index contributed by atoms with van der Waals surface area (Å²) in [5.41, 5.74) is 4.07. The summed E-state index contributed by atoms with van der Waals surface area (Å²) in [6.45, 7) is 8.88. The van der Waals surface area contributed by atoms with Gasteiger partial charge in [0, 0.05) is 35.4 Å². The largest absolute Gasteiger partial charge is 0.372 e. The van der Waals surface area contributed by atoms with Crippen LogP contribution in [0, 0.1) is 6.92 Å². The summed E-state index contributed by atoms with van der Waals surface area (Å²) in [6.07, 6.45) is 0. The predicted octanol–water partition coefficient (Wildman–Crippen LogP) is 1.33. The van der Waals surface area contributed by atoms with Crippen molar-refractivity contribution in [3.8, 4) is 0 Å². The Kier molecular flexibility index (Phi) is 4.68. The molecule has 4 nitrogen and oxygen atoms in total. The van der Waals surface area contributed by atoms with Crippen molar-refractivity contribution >= 4 is 16.6 Å². The standard InChI is InChI=1S/C17H25N3O/c1-6-20(7-2)13-8-9-16-14(10-13)17(21)15(11-19(4)5)12(3)18-16/h8-10H,6-7,11H2,1-5H3,(H,18,21)/p+1. The van der Waals surface area contributed by atoms with Crippen molar-refractivity contribution in [2.24, 2.45) is 0 Å². The molecule has 0 radical (unpaired) electrons. The molecule has 1 aromatic heterocycles. The van der Waals surface area contributed by atoms with Gasteiger partial charge in [-0.1, -0.05) is 0 Å². The minimum Gasteiger partial charge on any atom is -0.372 e. The molecular formula is C17H26N3O+. The second kappa shape index (κ2) is 6.31. The second-order valence-corrected chi connectivity index (χ2v) is 5.84. The highest BCUT2D eigenvalue weighted by atomic mass is 16.1. The number of nitrogens with one attached hydrogen (secondary N) is 2. The smallest absolute Gasteiger partial charge is 0.198 e. The van der Waals surface area contributed by atoms with Crippen molar-refractivity contribution in [1.29, 1.82) is 0 Å². The molecule has 2 N–H and O–H groups in total. The first kappa shape index (κ1) is 15.6. The zero-order chi connectivity index (χ0) is 15.6. The lowest BCUT2D eigenvalue weighted by Crippen LogP contribution is -3.04. The first-order valence-corrected chi connectivity index (χ1v) is 7.67. The fraction of sp³-hybridized carbons (Fsp3) is 0.471. The molecule has 0 unspecified atom stereocenters. The van der Waals surface area contributed by atoms with Crippen LogP contribution in [0.5, 0.6) is 0 Å². The number of benzene rings is 1. The molecule has 21 heavy (non-hydrogen) atoms. The average Bonchev–Trinajstić information content (AvgIpc) is 2.45. The molecule has 1 aromatic carbocycles. The number of anilines is 1. The quantitative estimate of drug-likeness (QED) is 0.871. The summed E-state index contributed by atoms with van der Waals surface area (Å²) in [4.78, 5) is 19.7. The molecule has 2 rings (SSSR count). The van der Waals surface area contributed by atoms with Crippen LogP contribution in [0.25, 0.3) is 10.9 Å². The Hall–Kier alpha value is -1.81. The topological polar surface area (TPSA) is 40.5 Å². The van der Waals surface area contributed by atoms with Crippen molar-refractivity contribution in [1.82, 2.24) is 4.98 Å². The van der Waals surface area contributed by atoms with Crippen molar-refractivity contribution in [3.63, 3.8) is 0 Å². The Morgan fingerprint density at radius 3 is 2.43 bits per heavy atom. The van der Waals surface area contributed by atoms with Crippen LogP contribution in [0.3, 0.4) is 0 Å². The highest BCUT2D eigenvalue weighted by Crippen LogP contribution is 2.20. The van der Waals surface area contributed by atoms with Crippen LogP contribution in [0.1, 0.15) is 25.1 Å². The zero-order valence-corrected chi connectivity index (χ0v) is 13.7. The minimum absolute atomic E-state index is 0.163. The lowest BCUT2D eigenvalue weighted by atomic mass is 10.1. The van der Waals surface area contributed by atoms with Gasteiger partial charge in [-0.05, 0) is 39.0 Å². The Labute approximate surface area is 126 Å². The number of fused-ring (bicyclic) bond motifs is 1. The number of aromatic nitrogens is 1. The summed E-state index contributed by atoms with van der Waals surface area (Å²) in [7, 11) is 4.13. The van der Waals surface area contributed by atoms with E-state index in [1.54, 1.807) is 0 Å². The number of aromatic amines is 1. The fourth-order valence-corrected chi connectivity index (χ4v) is 2.79. The lowest BCUT2D eigenvalue weighted by molar-refractivity contribution is -0.872. The summed E-state index contributed by atoms with van der Waals surface area (Å²) < 4.78 is 0. The van der Waals surface area contributed by atoms with Crippen LogP contribution in [-0.4, -0.2) is 32.2 Å². The molecule has 4 heteroatoms. The van der Waals surface area contributed by atoms with E-state index in [1.807, 2.05) is 19.1 Å². The van der Waals surface area contributed by atoms with Gasteiger partial charge in [0.25, 0.3) is 0 Å². The number of quaternary nitrogens is 1. The number of aryl methyl sites for hydroxylation is 1. The Morgan fingerprint density at radius 2 is 1.86 bits per heavy atom. The maximum atomic E-state index is 12.8. The summed E-state index contributed by atoms with van der Waals surface area (Å²) >= 11 is 0. The van der Waals surface area contributed by atoms with Crippen LogP contribution in [0.2, 0.25) is 0 Å². The molecule has 0 bridgehead atoms. The van der Waals surface area contributed by atoms with Gasteiger partial charge >= 0.3 is 0 Å². The first-order valence-electron chi connectivity index (χ1n) is 7.67. The van der Waals surface area contributed by atoms with E-state index >= 15 is 0 Å². The molecular weight excluding hydrogens is 262 g/mol. The third-order valence-corrected chi connectivity index (χ3v) is 3.96. The van der Waals surface area contributed by atoms with Gasteiger partial charge < -0.3 is 14.8 Å². The molecule has 0 atom stereocenters. The van der Waals surface area contributed by atoms with Crippen LogP contribution >= 0.6 is 0 Å². The molecule has 0 aliphatic rings. The van der Waals surface area contributed by atoms with Crippen molar-refractivity contribution in [2.45, 2.75) is 27.3 Å². The third-order valence-electron chi connectivity index (χ3n) is 3.96. The van der Waals surface area contributed by atoms with Crippen molar-refractivity contribution in [3.05, 3.63) is 39.7 Å². The summed E-state index contributed by atoms with van der Waals surface area (Å²) in [5, 5.41) is 0.793. The van der Waals surface area contributed by atoms with Gasteiger partial charge in [-0.2, -0.15) is 0 Å². The van der Waals surface area contributed by atoms with E-state index in [0.29, 0.717) is 0 Å². The number of hydrogen-bond donors (Lipinski definition) is 2. The summed E-state index contributed by atoms with van der Waals surface area (Å²) in [6, 6.07) is 6.13. The van der Waals surface area contributed by atoms with Crippen LogP contribution < -0.4 is 15.2 Å². The van der Waals surface area contributed by atoms with Gasteiger partial charge in [-0.15, -0.1) is 0 Å². The molecule has 1 heterocycles. The average molecular weight is 288 g/mol. The normalized spacial score (nSPS) is 11.3. The molecule has 0 amide bonds. The van der Waals surface area contributed by atoms with Crippen LogP contribution in [0.15, 0.2) is 23.0 Å². The molecule has 0 saturated heterocycles. The SMILES string of the molecule is CCN(CC)c1ccc2[nH]c(C)c(C[NH+](C)C)c(=O)c2c1. The molecule has 0 fully saturated rings. The number of nitrogens with zero attached hydrogens (tertiary/aromatic N) is 1. The van der Waals surface area contributed by atoms with Gasteiger partial charge in [0.15, 0.2) is 5.43 Å². The van der Waals surface area contributed by atoms with E-state index < -0.39 is 0 Å². The van der Waals surface area contributed by atoms with E-state index in [0.717, 1.165) is 47.5 Å². The molecule has 0 spiro atoms. The third kappa shape index (κ3) is 3.10. The van der Waals surface area contributed by atoms with Crippen LogP contribution in [0.4, 0.5) is 5.69 Å². The van der Waals surface area contributed by atoms with Crippen molar-refractivity contribution in [2.75, 3.05) is 32.1 Å². The second-order valence-electron chi connectivity index (χ2n) is 5.84. The van der Waals surface area contributed by atoms with E-state index in [-0.39, 0.29) is 5.43 Å². The number of H-pyrrole nitrogens is 1. The highest BCUT2D eigenvalue weighted by molar-refractivity contribution is 5.83. The predicted molar refractivity (Wildman–Crippen MR) is 89.4 cm³/mol. The monoisotopic (exact) mass is 288 g/mol. The van der Waals surface area contributed by atoms with Gasteiger partial charge in [0.2, 0.25) is 0 Å². The molecule has 2 aromatic rings. The Morgan fingerprint density at radius 1 is 1.19 bits per heavy atom. The van der Waals surface area contributed by atoms with E-state index in [4.69, 9.17) is 0 Å². The Bertz CT molecular complexity index is 684. The van der Waals surface area contributed by atoms with E-state index in [9.17, 15) is 4.79 Å².